The molecular formula is C12H16FIN2O2. The fourth-order valence-corrected chi connectivity index (χ4v) is 2.08. The van der Waals surface area contributed by atoms with Crippen molar-refractivity contribution < 1.29 is 13.9 Å². The Labute approximate surface area is 119 Å². The molecule has 2 N–H and O–H groups in total. The van der Waals surface area contributed by atoms with Crippen LogP contribution >= 0.6 is 22.6 Å². The number of nitrogens with one attached hydrogen (secondary N) is 2. The van der Waals surface area contributed by atoms with E-state index in [9.17, 15) is 9.18 Å². The quantitative estimate of drug-likeness (QED) is 0.567. The smallest absolute Gasteiger partial charge is 0.255 e. The van der Waals surface area contributed by atoms with E-state index in [1.165, 1.54) is 6.07 Å². The van der Waals surface area contributed by atoms with Crippen molar-refractivity contribution in [3.8, 4) is 0 Å². The Balaban J connectivity index is 2.37. The number of ether oxygens (including phenoxy) is 1. The van der Waals surface area contributed by atoms with Crippen LogP contribution in [0, 0.1) is 9.39 Å². The largest absolute Gasteiger partial charge is 0.383 e. The molecule has 0 atom stereocenters. The molecule has 18 heavy (non-hydrogen) atoms. The van der Waals surface area contributed by atoms with Gasteiger partial charge >= 0.3 is 0 Å². The van der Waals surface area contributed by atoms with E-state index >= 15 is 0 Å². The summed E-state index contributed by atoms with van der Waals surface area (Å²) >= 11 is 1.95. The van der Waals surface area contributed by atoms with E-state index in [1.54, 1.807) is 19.2 Å². The van der Waals surface area contributed by atoms with E-state index in [4.69, 9.17) is 4.74 Å². The number of amides is 1. The van der Waals surface area contributed by atoms with Crippen LogP contribution in [0.5, 0.6) is 0 Å². The molecule has 0 bridgehead atoms. The summed E-state index contributed by atoms with van der Waals surface area (Å²) in [7, 11) is 1.63. The van der Waals surface area contributed by atoms with Gasteiger partial charge in [0.15, 0.2) is 0 Å². The number of benzene rings is 1. The molecule has 1 amide bonds. The standard InChI is InChI=1S/C12H16FIN2O2/c1-18-8-7-15-5-6-16-12(17)11-9(13)3-2-4-10(11)14/h2-4,15H,5-8H2,1H3,(H,16,17). The molecule has 0 unspecified atom stereocenters. The van der Waals surface area contributed by atoms with Gasteiger partial charge in [-0.05, 0) is 34.7 Å². The second-order valence-corrected chi connectivity index (χ2v) is 4.76. The number of rotatable bonds is 7. The van der Waals surface area contributed by atoms with Gasteiger partial charge in [-0.3, -0.25) is 4.79 Å². The van der Waals surface area contributed by atoms with Crippen molar-refractivity contribution in [2.75, 3.05) is 33.4 Å². The summed E-state index contributed by atoms with van der Waals surface area (Å²) in [6.45, 7) is 2.43. The summed E-state index contributed by atoms with van der Waals surface area (Å²) in [6.07, 6.45) is 0. The lowest BCUT2D eigenvalue weighted by Crippen LogP contribution is -2.33. The summed E-state index contributed by atoms with van der Waals surface area (Å²) < 4.78 is 19.0. The second kappa shape index (κ2) is 8.39. The fourth-order valence-electron chi connectivity index (χ4n) is 1.37. The van der Waals surface area contributed by atoms with E-state index in [1.807, 2.05) is 22.6 Å². The highest BCUT2D eigenvalue weighted by molar-refractivity contribution is 14.1. The highest BCUT2D eigenvalue weighted by atomic mass is 127. The van der Waals surface area contributed by atoms with Gasteiger partial charge in [0.2, 0.25) is 0 Å². The Morgan fingerprint density at radius 2 is 2.17 bits per heavy atom. The first-order valence-electron chi connectivity index (χ1n) is 5.58. The Bertz CT molecular complexity index is 381. The van der Waals surface area contributed by atoms with Gasteiger partial charge in [-0.25, -0.2) is 4.39 Å². The zero-order valence-electron chi connectivity index (χ0n) is 10.1. The molecule has 1 aromatic rings. The second-order valence-electron chi connectivity index (χ2n) is 3.60. The third-order valence-electron chi connectivity index (χ3n) is 2.26. The summed E-state index contributed by atoms with van der Waals surface area (Å²) in [5.41, 5.74) is 0.106. The maximum Gasteiger partial charge on any atom is 0.255 e. The SMILES string of the molecule is COCCNCCNC(=O)c1c(F)cccc1I. The summed E-state index contributed by atoms with van der Waals surface area (Å²) in [5.74, 6) is -0.877. The Morgan fingerprint density at radius 1 is 1.39 bits per heavy atom. The molecule has 0 aliphatic heterocycles. The van der Waals surface area contributed by atoms with Crippen molar-refractivity contribution in [1.82, 2.24) is 10.6 Å². The van der Waals surface area contributed by atoms with E-state index in [0.29, 0.717) is 23.3 Å². The van der Waals surface area contributed by atoms with E-state index in [2.05, 4.69) is 10.6 Å². The molecular weight excluding hydrogens is 350 g/mol. The predicted molar refractivity (Wildman–Crippen MR) is 76.2 cm³/mol. The van der Waals surface area contributed by atoms with Gasteiger partial charge < -0.3 is 15.4 Å². The van der Waals surface area contributed by atoms with Crippen molar-refractivity contribution in [3.63, 3.8) is 0 Å². The van der Waals surface area contributed by atoms with Crippen LogP contribution in [-0.4, -0.2) is 39.3 Å². The van der Waals surface area contributed by atoms with Crippen LogP contribution < -0.4 is 10.6 Å². The van der Waals surface area contributed by atoms with Gasteiger partial charge in [-0.1, -0.05) is 6.07 Å². The monoisotopic (exact) mass is 366 g/mol. The Kier molecular flexibility index (Phi) is 7.14. The minimum Gasteiger partial charge on any atom is -0.383 e. The van der Waals surface area contributed by atoms with E-state index in [0.717, 1.165) is 6.54 Å². The Hall–Kier alpha value is -0.730. The van der Waals surface area contributed by atoms with Crippen LogP contribution in [0.1, 0.15) is 10.4 Å². The average Bonchev–Trinajstić information content (AvgIpc) is 2.33. The Morgan fingerprint density at radius 3 is 2.83 bits per heavy atom. The van der Waals surface area contributed by atoms with Crippen LogP contribution in [0.25, 0.3) is 0 Å². The number of hydrogen-bond donors (Lipinski definition) is 2. The van der Waals surface area contributed by atoms with Gasteiger partial charge in [0.25, 0.3) is 5.91 Å². The molecule has 0 saturated carbocycles. The molecule has 4 nitrogen and oxygen atoms in total. The molecule has 0 heterocycles. The molecule has 0 aliphatic carbocycles. The zero-order valence-corrected chi connectivity index (χ0v) is 12.3. The van der Waals surface area contributed by atoms with Crippen molar-refractivity contribution in [2.24, 2.45) is 0 Å². The number of carbonyl (C=O) groups excluding carboxylic acids is 1. The first-order valence-corrected chi connectivity index (χ1v) is 6.66. The normalized spacial score (nSPS) is 10.4. The third kappa shape index (κ3) is 4.87. The van der Waals surface area contributed by atoms with Gasteiger partial charge in [0, 0.05) is 30.3 Å². The van der Waals surface area contributed by atoms with Crippen molar-refractivity contribution in [1.29, 1.82) is 0 Å². The lowest BCUT2D eigenvalue weighted by atomic mass is 10.2. The molecule has 6 heteroatoms. The third-order valence-corrected chi connectivity index (χ3v) is 3.16. The van der Waals surface area contributed by atoms with E-state index in [-0.39, 0.29) is 11.5 Å². The van der Waals surface area contributed by atoms with Crippen LogP contribution in [-0.2, 0) is 4.74 Å². The predicted octanol–water partition coefficient (Wildman–Crippen LogP) is 1.40. The van der Waals surface area contributed by atoms with E-state index < -0.39 is 5.82 Å². The lowest BCUT2D eigenvalue weighted by Gasteiger charge is -2.08. The molecule has 1 rings (SSSR count). The minimum atomic E-state index is -0.494. The zero-order chi connectivity index (χ0) is 13.4. The molecule has 0 aromatic heterocycles. The van der Waals surface area contributed by atoms with Gasteiger partial charge in [0.05, 0.1) is 12.2 Å². The van der Waals surface area contributed by atoms with Crippen molar-refractivity contribution >= 4 is 28.5 Å². The fraction of sp³-hybridized carbons (Fsp3) is 0.417. The van der Waals surface area contributed by atoms with Gasteiger partial charge in [-0.2, -0.15) is 0 Å². The topological polar surface area (TPSA) is 50.4 Å². The van der Waals surface area contributed by atoms with Gasteiger partial charge in [-0.15, -0.1) is 0 Å². The lowest BCUT2D eigenvalue weighted by molar-refractivity contribution is 0.0948. The summed E-state index contributed by atoms with van der Waals surface area (Å²) in [6, 6.07) is 4.57. The number of methoxy groups -OCH3 is 1. The maximum absolute atomic E-state index is 13.5. The first kappa shape index (κ1) is 15.3. The molecule has 0 fully saturated rings. The summed E-state index contributed by atoms with van der Waals surface area (Å²) in [4.78, 5) is 11.8. The van der Waals surface area contributed by atoms with Gasteiger partial charge in [0.1, 0.15) is 5.82 Å². The molecule has 0 saturated heterocycles. The van der Waals surface area contributed by atoms with Crippen LogP contribution in [0.15, 0.2) is 18.2 Å². The van der Waals surface area contributed by atoms with Crippen molar-refractivity contribution in [3.05, 3.63) is 33.1 Å². The molecule has 100 valence electrons. The average molecular weight is 366 g/mol. The first-order chi connectivity index (χ1) is 8.66. The molecule has 0 radical (unpaired) electrons. The molecule has 0 aliphatic rings. The highest BCUT2D eigenvalue weighted by Crippen LogP contribution is 2.15. The van der Waals surface area contributed by atoms with Crippen LogP contribution in [0.4, 0.5) is 4.39 Å². The minimum absolute atomic E-state index is 0.106. The van der Waals surface area contributed by atoms with Crippen LogP contribution in [0.2, 0.25) is 0 Å². The molecule has 1 aromatic carbocycles. The number of hydrogen-bond acceptors (Lipinski definition) is 3. The number of carbonyl (C=O) groups is 1. The maximum atomic E-state index is 13.5. The molecule has 0 spiro atoms. The summed E-state index contributed by atoms with van der Waals surface area (Å²) in [5, 5.41) is 5.76. The highest BCUT2D eigenvalue weighted by Gasteiger charge is 2.14. The van der Waals surface area contributed by atoms with Crippen molar-refractivity contribution in [2.45, 2.75) is 0 Å². The van der Waals surface area contributed by atoms with Crippen LogP contribution in [0.3, 0.4) is 0 Å². The number of halogens is 2.